The Kier molecular flexibility index (Phi) is 6.29. The molecule has 0 N–H and O–H groups in total. The number of alkyl halides is 3. The van der Waals surface area contributed by atoms with Crippen molar-refractivity contribution in [2.24, 2.45) is 0 Å². The van der Waals surface area contributed by atoms with E-state index in [1.807, 2.05) is 12.1 Å². The van der Waals surface area contributed by atoms with Crippen LogP contribution < -0.4 is 9.64 Å². The Morgan fingerprint density at radius 3 is 2.46 bits per heavy atom. The van der Waals surface area contributed by atoms with Gasteiger partial charge in [-0.2, -0.15) is 13.2 Å². The van der Waals surface area contributed by atoms with Crippen LogP contribution in [0.1, 0.15) is 10.4 Å². The minimum Gasteiger partial charge on any atom is -0.467 e. The molecular formula is C17H15BrClF3N4O2. The molecule has 1 aliphatic rings. The number of carbonyl (C=O) groups excluding carboxylic acids is 1. The summed E-state index contributed by atoms with van der Waals surface area (Å²) in [5, 5.41) is -0.146. The lowest BCUT2D eigenvalue weighted by Gasteiger charge is -2.35. The fourth-order valence-corrected chi connectivity index (χ4v) is 3.13. The summed E-state index contributed by atoms with van der Waals surface area (Å²) < 4.78 is 42.1. The highest BCUT2D eigenvalue weighted by atomic mass is 79.9. The van der Waals surface area contributed by atoms with Crippen LogP contribution in [-0.2, 0) is 0 Å². The first-order valence-electron chi connectivity index (χ1n) is 8.24. The van der Waals surface area contributed by atoms with Crippen LogP contribution in [-0.4, -0.2) is 59.7 Å². The van der Waals surface area contributed by atoms with E-state index in [0.717, 1.165) is 10.3 Å². The quantitative estimate of drug-likeness (QED) is 0.668. The highest BCUT2D eigenvalue weighted by Crippen LogP contribution is 2.26. The van der Waals surface area contributed by atoms with Gasteiger partial charge in [-0.25, -0.2) is 9.97 Å². The molecule has 11 heteroatoms. The average Bonchev–Trinajstić information content (AvgIpc) is 2.66. The molecule has 0 spiro atoms. The number of ether oxygens (including phenoxy) is 1. The van der Waals surface area contributed by atoms with Crippen LogP contribution in [0.25, 0.3) is 0 Å². The van der Waals surface area contributed by atoms with Crippen LogP contribution >= 0.6 is 27.5 Å². The number of halogens is 5. The number of anilines is 1. The number of piperazine rings is 1. The van der Waals surface area contributed by atoms with Gasteiger partial charge in [0.15, 0.2) is 6.61 Å². The molecule has 6 nitrogen and oxygen atoms in total. The van der Waals surface area contributed by atoms with E-state index >= 15 is 0 Å². The van der Waals surface area contributed by atoms with Gasteiger partial charge in [0.05, 0.1) is 5.56 Å². The maximum absolute atomic E-state index is 12.6. The molecule has 1 fully saturated rings. The van der Waals surface area contributed by atoms with Crippen LogP contribution in [0, 0.1) is 0 Å². The van der Waals surface area contributed by atoms with Crippen molar-refractivity contribution < 1.29 is 22.7 Å². The van der Waals surface area contributed by atoms with E-state index in [-0.39, 0.29) is 22.4 Å². The van der Waals surface area contributed by atoms with Gasteiger partial charge in [0.25, 0.3) is 5.91 Å². The Morgan fingerprint density at radius 2 is 1.89 bits per heavy atom. The number of aromatic nitrogens is 2. The SMILES string of the molecule is O=C(c1cnc(OCC(F)(F)F)c(Cl)c1)N1CCN(c2ccc(Br)cn2)CC1. The highest BCUT2D eigenvalue weighted by molar-refractivity contribution is 9.10. The van der Waals surface area contributed by atoms with Crippen molar-refractivity contribution >= 4 is 39.3 Å². The van der Waals surface area contributed by atoms with E-state index in [1.165, 1.54) is 12.3 Å². The first kappa shape index (κ1) is 20.7. The Labute approximate surface area is 172 Å². The Balaban J connectivity index is 1.60. The topological polar surface area (TPSA) is 58.6 Å². The first-order valence-corrected chi connectivity index (χ1v) is 9.41. The van der Waals surface area contributed by atoms with Crippen molar-refractivity contribution in [3.05, 3.63) is 45.7 Å². The van der Waals surface area contributed by atoms with Gasteiger partial charge < -0.3 is 14.5 Å². The first-order chi connectivity index (χ1) is 13.2. The average molecular weight is 480 g/mol. The summed E-state index contributed by atoms with van der Waals surface area (Å²) in [6.07, 6.45) is -1.62. The van der Waals surface area contributed by atoms with Crippen molar-refractivity contribution in [2.45, 2.75) is 6.18 Å². The molecule has 0 saturated carbocycles. The van der Waals surface area contributed by atoms with Gasteiger partial charge in [-0.3, -0.25) is 4.79 Å². The predicted octanol–water partition coefficient (Wildman–Crippen LogP) is 3.80. The molecule has 28 heavy (non-hydrogen) atoms. The van der Waals surface area contributed by atoms with Crippen molar-refractivity contribution in [3.63, 3.8) is 0 Å². The van der Waals surface area contributed by atoms with Gasteiger partial charge in [-0.15, -0.1) is 0 Å². The van der Waals surface area contributed by atoms with Gasteiger partial charge in [0.2, 0.25) is 5.88 Å². The van der Waals surface area contributed by atoms with E-state index < -0.39 is 12.8 Å². The van der Waals surface area contributed by atoms with E-state index in [2.05, 4.69) is 35.5 Å². The molecule has 0 atom stereocenters. The molecule has 1 amide bonds. The molecule has 150 valence electrons. The van der Waals surface area contributed by atoms with Crippen molar-refractivity contribution in [1.82, 2.24) is 14.9 Å². The van der Waals surface area contributed by atoms with Gasteiger partial charge in [0, 0.05) is 43.0 Å². The third-order valence-electron chi connectivity index (χ3n) is 4.03. The number of pyridine rings is 2. The summed E-state index contributed by atoms with van der Waals surface area (Å²) in [6, 6.07) is 5.06. The third-order valence-corrected chi connectivity index (χ3v) is 4.77. The smallest absolute Gasteiger partial charge is 0.422 e. The van der Waals surface area contributed by atoms with Crippen molar-refractivity contribution in [1.29, 1.82) is 0 Å². The van der Waals surface area contributed by atoms with Gasteiger partial charge in [-0.1, -0.05) is 11.6 Å². The minimum absolute atomic E-state index is 0.146. The summed E-state index contributed by atoms with van der Waals surface area (Å²) in [7, 11) is 0. The van der Waals surface area contributed by atoms with Gasteiger partial charge >= 0.3 is 6.18 Å². The molecule has 0 bridgehead atoms. The van der Waals surface area contributed by atoms with Crippen LogP contribution in [0.2, 0.25) is 5.02 Å². The summed E-state index contributed by atoms with van der Waals surface area (Å²) in [4.78, 5) is 24.4. The van der Waals surface area contributed by atoms with Crippen LogP contribution in [0.5, 0.6) is 5.88 Å². The summed E-state index contributed by atoms with van der Waals surface area (Å²) in [5.74, 6) is 0.174. The van der Waals surface area contributed by atoms with Crippen LogP contribution in [0.15, 0.2) is 35.1 Å². The van der Waals surface area contributed by atoms with Crippen molar-refractivity contribution in [2.75, 3.05) is 37.7 Å². The zero-order valence-corrected chi connectivity index (χ0v) is 16.8. The number of amides is 1. The lowest BCUT2D eigenvalue weighted by Crippen LogP contribution is -2.49. The maximum atomic E-state index is 12.6. The second-order valence-electron chi connectivity index (χ2n) is 6.03. The molecule has 3 rings (SSSR count). The molecule has 0 radical (unpaired) electrons. The predicted molar refractivity (Wildman–Crippen MR) is 101 cm³/mol. The number of carbonyl (C=O) groups is 1. The standard InChI is InChI=1S/C17H15BrClF3N4O2/c18-12-1-2-14(23-9-12)25-3-5-26(6-4-25)16(27)11-7-13(19)15(24-8-11)28-10-17(20,21)22/h1-2,7-9H,3-6,10H2. The molecule has 2 aromatic rings. The monoisotopic (exact) mass is 478 g/mol. The second-order valence-corrected chi connectivity index (χ2v) is 7.35. The Morgan fingerprint density at radius 1 is 1.18 bits per heavy atom. The largest absolute Gasteiger partial charge is 0.467 e. The zero-order chi connectivity index (χ0) is 20.3. The molecule has 3 heterocycles. The van der Waals surface area contributed by atoms with Crippen LogP contribution in [0.3, 0.4) is 0 Å². The summed E-state index contributed by atoms with van der Waals surface area (Å²) in [6.45, 7) is 0.655. The zero-order valence-electron chi connectivity index (χ0n) is 14.4. The van der Waals surface area contributed by atoms with Gasteiger partial charge in [-0.05, 0) is 34.1 Å². The van der Waals surface area contributed by atoms with Gasteiger partial charge in [0.1, 0.15) is 10.8 Å². The molecule has 0 aromatic carbocycles. The number of hydrogen-bond acceptors (Lipinski definition) is 5. The molecule has 1 aliphatic heterocycles. The summed E-state index contributed by atoms with van der Waals surface area (Å²) in [5.41, 5.74) is 0.194. The fraction of sp³-hybridized carbons (Fsp3) is 0.353. The van der Waals surface area contributed by atoms with E-state index in [1.54, 1.807) is 11.1 Å². The maximum Gasteiger partial charge on any atom is 0.422 e. The van der Waals surface area contributed by atoms with E-state index in [4.69, 9.17) is 11.6 Å². The third kappa shape index (κ3) is 5.26. The molecule has 0 unspecified atom stereocenters. The Bertz CT molecular complexity index is 843. The lowest BCUT2D eigenvalue weighted by molar-refractivity contribution is -0.154. The molecule has 2 aromatic heterocycles. The molecule has 0 aliphatic carbocycles. The number of rotatable bonds is 4. The number of hydrogen-bond donors (Lipinski definition) is 0. The number of nitrogens with zero attached hydrogens (tertiary/aromatic N) is 4. The highest BCUT2D eigenvalue weighted by Gasteiger charge is 2.29. The van der Waals surface area contributed by atoms with Crippen molar-refractivity contribution in [3.8, 4) is 5.88 Å². The minimum atomic E-state index is -4.50. The molecule has 1 saturated heterocycles. The van der Waals surface area contributed by atoms with E-state index in [0.29, 0.717) is 26.2 Å². The van der Waals surface area contributed by atoms with Crippen LogP contribution in [0.4, 0.5) is 19.0 Å². The Hall–Kier alpha value is -2.07. The normalized spacial score (nSPS) is 14.9. The summed E-state index contributed by atoms with van der Waals surface area (Å²) >= 11 is 9.25. The lowest BCUT2D eigenvalue weighted by atomic mass is 10.2. The molecular weight excluding hydrogens is 465 g/mol. The van der Waals surface area contributed by atoms with E-state index in [9.17, 15) is 18.0 Å². The second kappa shape index (κ2) is 8.52. The fourth-order valence-electron chi connectivity index (χ4n) is 2.68.